The molecule has 0 unspecified atom stereocenters. The molecule has 0 amide bonds. The van der Waals surface area contributed by atoms with Crippen molar-refractivity contribution in [2.75, 3.05) is 18.5 Å². The lowest BCUT2D eigenvalue weighted by Gasteiger charge is -2.18. The first-order valence-corrected chi connectivity index (χ1v) is 5.79. The highest BCUT2D eigenvalue weighted by atomic mass is 35.5. The van der Waals surface area contributed by atoms with E-state index in [1.165, 1.54) is 12.8 Å². The van der Waals surface area contributed by atoms with E-state index in [9.17, 15) is 0 Å². The van der Waals surface area contributed by atoms with E-state index >= 15 is 0 Å². The molecule has 0 radical (unpaired) electrons. The molecule has 0 aliphatic carbocycles. The van der Waals surface area contributed by atoms with E-state index < -0.39 is 0 Å². The molecule has 0 saturated carbocycles. The summed E-state index contributed by atoms with van der Waals surface area (Å²) in [6.07, 6.45) is 3.17. The van der Waals surface area contributed by atoms with Crippen molar-refractivity contribution in [3.05, 3.63) is 17.0 Å². The Hall–Kier alpha value is -0.830. The third-order valence-electron chi connectivity index (χ3n) is 2.28. The van der Waals surface area contributed by atoms with E-state index in [4.69, 9.17) is 11.6 Å². The summed E-state index contributed by atoms with van der Waals surface area (Å²) in [6.45, 7) is 5.22. The van der Waals surface area contributed by atoms with Gasteiger partial charge in [-0.15, -0.1) is 0 Å². The molecule has 4 heteroatoms. The normalized spacial score (nSPS) is 10.4. The van der Waals surface area contributed by atoms with Crippen LogP contribution in [0.15, 0.2) is 6.07 Å². The van der Waals surface area contributed by atoms with Crippen molar-refractivity contribution in [2.45, 2.75) is 33.1 Å². The molecule has 0 bridgehead atoms. The van der Waals surface area contributed by atoms with Gasteiger partial charge in [0.2, 0.25) is 0 Å². The van der Waals surface area contributed by atoms with E-state index in [1.807, 2.05) is 20.0 Å². The van der Waals surface area contributed by atoms with Crippen LogP contribution < -0.4 is 4.90 Å². The number of anilines is 1. The maximum Gasteiger partial charge on any atom is 0.134 e. The van der Waals surface area contributed by atoms with Gasteiger partial charge in [-0.25, -0.2) is 9.97 Å². The van der Waals surface area contributed by atoms with Crippen LogP contribution in [0.4, 0.5) is 5.82 Å². The molecule has 1 rings (SSSR count). The number of nitrogens with zero attached hydrogens (tertiary/aromatic N) is 3. The molecule has 1 aromatic heterocycles. The average Bonchev–Trinajstić information content (AvgIpc) is 2.24. The fourth-order valence-electron chi connectivity index (χ4n) is 1.32. The summed E-state index contributed by atoms with van der Waals surface area (Å²) in [4.78, 5) is 10.7. The Balaban J connectivity index is 2.78. The van der Waals surface area contributed by atoms with Gasteiger partial charge >= 0.3 is 0 Å². The average molecular weight is 228 g/mol. The minimum atomic E-state index is 0.528. The molecule has 3 nitrogen and oxygen atoms in total. The van der Waals surface area contributed by atoms with E-state index in [0.29, 0.717) is 5.15 Å². The molecule has 0 aliphatic rings. The van der Waals surface area contributed by atoms with Crippen LogP contribution in [0.2, 0.25) is 5.15 Å². The number of rotatable bonds is 5. The molecule has 0 atom stereocenters. The predicted octanol–water partition coefficient (Wildman–Crippen LogP) is 2.93. The fraction of sp³-hybridized carbons (Fsp3) is 0.636. The first-order chi connectivity index (χ1) is 7.17. The van der Waals surface area contributed by atoms with Crippen molar-refractivity contribution in [1.29, 1.82) is 0 Å². The number of aryl methyl sites for hydroxylation is 1. The minimum Gasteiger partial charge on any atom is -0.360 e. The van der Waals surface area contributed by atoms with Crippen molar-refractivity contribution in [3.63, 3.8) is 0 Å². The van der Waals surface area contributed by atoms with Crippen molar-refractivity contribution >= 4 is 17.4 Å². The smallest absolute Gasteiger partial charge is 0.134 e. The number of halogens is 1. The molecule has 0 N–H and O–H groups in total. The second-order valence-electron chi connectivity index (χ2n) is 3.59. The monoisotopic (exact) mass is 227 g/mol. The minimum absolute atomic E-state index is 0.528. The van der Waals surface area contributed by atoms with Crippen molar-refractivity contribution < 1.29 is 0 Å². The number of aromatic nitrogens is 2. The molecular weight excluding hydrogens is 210 g/mol. The van der Waals surface area contributed by atoms with Crippen LogP contribution in [0.5, 0.6) is 0 Å². The third-order valence-corrected chi connectivity index (χ3v) is 2.48. The van der Waals surface area contributed by atoms with E-state index in [2.05, 4.69) is 21.8 Å². The number of hydrogen-bond donors (Lipinski definition) is 0. The van der Waals surface area contributed by atoms with E-state index in [-0.39, 0.29) is 0 Å². The summed E-state index contributed by atoms with van der Waals surface area (Å²) < 4.78 is 0. The summed E-state index contributed by atoms with van der Waals surface area (Å²) in [6, 6.07) is 1.82. The van der Waals surface area contributed by atoms with Crippen LogP contribution in [0.25, 0.3) is 0 Å². The summed E-state index contributed by atoms with van der Waals surface area (Å²) in [7, 11) is 2.04. The second kappa shape index (κ2) is 5.91. The third kappa shape index (κ3) is 3.67. The van der Waals surface area contributed by atoms with Gasteiger partial charge in [0.15, 0.2) is 0 Å². The topological polar surface area (TPSA) is 29.0 Å². The Bertz CT molecular complexity index is 315. The van der Waals surface area contributed by atoms with Crippen molar-refractivity contribution in [1.82, 2.24) is 9.97 Å². The molecule has 1 aromatic rings. The van der Waals surface area contributed by atoms with Gasteiger partial charge in [0.1, 0.15) is 16.8 Å². The van der Waals surface area contributed by atoms with Crippen molar-refractivity contribution in [3.8, 4) is 0 Å². The molecule has 84 valence electrons. The summed E-state index contributed by atoms with van der Waals surface area (Å²) in [5.74, 6) is 1.72. The lowest BCUT2D eigenvalue weighted by atomic mass is 10.3. The van der Waals surface area contributed by atoms with E-state index in [0.717, 1.165) is 24.6 Å². The SMILES string of the molecule is CCCCN(C)c1cc(Cl)nc(CC)n1. The second-order valence-corrected chi connectivity index (χ2v) is 3.98. The number of hydrogen-bond acceptors (Lipinski definition) is 3. The highest BCUT2D eigenvalue weighted by Crippen LogP contribution is 2.15. The molecule has 0 aromatic carbocycles. The van der Waals surface area contributed by atoms with Gasteiger partial charge < -0.3 is 4.90 Å². The zero-order valence-corrected chi connectivity index (χ0v) is 10.4. The summed E-state index contributed by atoms with van der Waals surface area (Å²) >= 11 is 5.93. The fourth-order valence-corrected chi connectivity index (χ4v) is 1.51. The standard InChI is InChI=1S/C11H18ClN3/c1-4-6-7-15(3)11-8-9(12)13-10(5-2)14-11/h8H,4-7H2,1-3H3. The van der Waals surface area contributed by atoms with Crippen LogP contribution in [0.3, 0.4) is 0 Å². The summed E-state index contributed by atoms with van der Waals surface area (Å²) in [5, 5.41) is 0.528. The Morgan fingerprint density at radius 3 is 2.67 bits per heavy atom. The van der Waals surface area contributed by atoms with Gasteiger partial charge in [0.05, 0.1) is 0 Å². The zero-order chi connectivity index (χ0) is 11.3. The Morgan fingerprint density at radius 1 is 1.33 bits per heavy atom. The number of unbranched alkanes of at least 4 members (excludes halogenated alkanes) is 1. The van der Waals surface area contributed by atoms with Crippen LogP contribution in [0, 0.1) is 0 Å². The lowest BCUT2D eigenvalue weighted by molar-refractivity contribution is 0.754. The first-order valence-electron chi connectivity index (χ1n) is 5.42. The zero-order valence-electron chi connectivity index (χ0n) is 9.63. The van der Waals surface area contributed by atoms with Gasteiger partial charge in [-0.2, -0.15) is 0 Å². The van der Waals surface area contributed by atoms with Gasteiger partial charge in [-0.1, -0.05) is 31.9 Å². The molecule has 0 spiro atoms. The van der Waals surface area contributed by atoms with Gasteiger partial charge in [-0.05, 0) is 6.42 Å². The molecule has 15 heavy (non-hydrogen) atoms. The maximum atomic E-state index is 5.93. The lowest BCUT2D eigenvalue weighted by Crippen LogP contribution is -2.20. The summed E-state index contributed by atoms with van der Waals surface area (Å²) in [5.41, 5.74) is 0. The van der Waals surface area contributed by atoms with E-state index in [1.54, 1.807) is 0 Å². The van der Waals surface area contributed by atoms with Crippen LogP contribution in [-0.4, -0.2) is 23.6 Å². The highest BCUT2D eigenvalue weighted by Gasteiger charge is 2.05. The molecule has 0 fully saturated rings. The first kappa shape index (κ1) is 12.2. The van der Waals surface area contributed by atoms with Crippen LogP contribution >= 0.6 is 11.6 Å². The quantitative estimate of drug-likeness (QED) is 0.725. The van der Waals surface area contributed by atoms with Crippen LogP contribution in [-0.2, 0) is 6.42 Å². The Morgan fingerprint density at radius 2 is 2.07 bits per heavy atom. The molecule has 0 aliphatic heterocycles. The molecular formula is C11H18ClN3. The largest absolute Gasteiger partial charge is 0.360 e. The van der Waals surface area contributed by atoms with Crippen LogP contribution in [0.1, 0.15) is 32.5 Å². The predicted molar refractivity (Wildman–Crippen MR) is 64.6 cm³/mol. The van der Waals surface area contributed by atoms with Crippen molar-refractivity contribution in [2.24, 2.45) is 0 Å². The maximum absolute atomic E-state index is 5.93. The highest BCUT2D eigenvalue weighted by molar-refractivity contribution is 6.29. The van der Waals surface area contributed by atoms with Gasteiger partial charge in [0, 0.05) is 26.1 Å². The Labute approximate surface area is 96.5 Å². The van der Waals surface area contributed by atoms with Gasteiger partial charge in [0.25, 0.3) is 0 Å². The Kier molecular flexibility index (Phi) is 4.82. The molecule has 0 saturated heterocycles. The molecule has 1 heterocycles. The van der Waals surface area contributed by atoms with Gasteiger partial charge in [-0.3, -0.25) is 0 Å².